The summed E-state index contributed by atoms with van der Waals surface area (Å²) in [6.07, 6.45) is 0. The van der Waals surface area contributed by atoms with Gasteiger partial charge in [0.25, 0.3) is 0 Å². The van der Waals surface area contributed by atoms with E-state index in [2.05, 4.69) is 204 Å². The third kappa shape index (κ3) is 5.56. The molecule has 1 heterocycles. The van der Waals surface area contributed by atoms with E-state index in [4.69, 9.17) is 4.42 Å². The van der Waals surface area contributed by atoms with Crippen LogP contribution in [0, 0.1) is 0 Å². The van der Waals surface area contributed by atoms with Crippen LogP contribution in [0.25, 0.3) is 54.6 Å². The van der Waals surface area contributed by atoms with E-state index in [0.717, 1.165) is 56.1 Å². The highest BCUT2D eigenvalue weighted by Crippen LogP contribution is 2.45. The predicted molar refractivity (Wildman–Crippen MR) is 224 cm³/mol. The van der Waals surface area contributed by atoms with E-state index >= 15 is 0 Å². The smallest absolute Gasteiger partial charge is 0.137 e. The van der Waals surface area contributed by atoms with Crippen LogP contribution < -0.4 is 9.80 Å². The summed E-state index contributed by atoms with van der Waals surface area (Å²) in [5.41, 5.74) is 10.5. The molecule has 0 aliphatic carbocycles. The van der Waals surface area contributed by atoms with Crippen LogP contribution >= 0.6 is 0 Å². The maximum Gasteiger partial charge on any atom is 0.137 e. The minimum Gasteiger partial charge on any atom is -0.456 e. The molecule has 0 saturated carbocycles. The van der Waals surface area contributed by atoms with Crippen molar-refractivity contribution in [2.24, 2.45) is 0 Å². The van der Waals surface area contributed by atoms with Crippen molar-refractivity contribution in [2.45, 2.75) is 0 Å². The standard InChI is InChI=1S/C50H34N2O/c1-3-17-40(18-4-1)51(44-28-29-47-46-24-11-12-25-49(46)53-50(47)34-44)42-21-13-22-43(33-42)52(41-19-5-2-6-20-41)48-32-39(31-38-16-9-10-23-45(38)48)37-27-26-35-14-7-8-15-36(35)30-37/h1-34H. The van der Waals surface area contributed by atoms with Gasteiger partial charge in [0.05, 0.1) is 5.69 Å². The van der Waals surface area contributed by atoms with Gasteiger partial charge < -0.3 is 14.2 Å². The predicted octanol–water partition coefficient (Wildman–Crippen LogP) is 14.5. The van der Waals surface area contributed by atoms with Gasteiger partial charge in [-0.15, -0.1) is 0 Å². The lowest BCUT2D eigenvalue weighted by atomic mass is 9.96. The largest absolute Gasteiger partial charge is 0.456 e. The molecule has 0 atom stereocenters. The van der Waals surface area contributed by atoms with Gasteiger partial charge >= 0.3 is 0 Å². The van der Waals surface area contributed by atoms with Crippen LogP contribution in [0.15, 0.2) is 211 Å². The Balaban J connectivity index is 1.16. The number of hydrogen-bond donors (Lipinski definition) is 0. The molecule has 10 rings (SSSR count). The second-order valence-electron chi connectivity index (χ2n) is 13.4. The highest BCUT2D eigenvalue weighted by Gasteiger charge is 2.20. The number of anilines is 6. The lowest BCUT2D eigenvalue weighted by Gasteiger charge is -2.30. The summed E-state index contributed by atoms with van der Waals surface area (Å²) in [6.45, 7) is 0. The normalized spacial score (nSPS) is 11.4. The minimum absolute atomic E-state index is 0.865. The first-order chi connectivity index (χ1) is 26.3. The van der Waals surface area contributed by atoms with Gasteiger partial charge in [-0.1, -0.05) is 121 Å². The lowest BCUT2D eigenvalue weighted by molar-refractivity contribution is 0.669. The summed E-state index contributed by atoms with van der Waals surface area (Å²) in [7, 11) is 0. The number of fused-ring (bicyclic) bond motifs is 5. The van der Waals surface area contributed by atoms with Gasteiger partial charge in [-0.2, -0.15) is 0 Å². The van der Waals surface area contributed by atoms with Crippen LogP contribution in [0.4, 0.5) is 34.1 Å². The monoisotopic (exact) mass is 678 g/mol. The molecule has 0 saturated heterocycles. The molecule has 1 aromatic heterocycles. The Morgan fingerprint density at radius 3 is 1.64 bits per heavy atom. The maximum absolute atomic E-state index is 6.37. The van der Waals surface area contributed by atoms with Crippen molar-refractivity contribution in [3.63, 3.8) is 0 Å². The van der Waals surface area contributed by atoms with Gasteiger partial charge in [-0.3, -0.25) is 0 Å². The summed E-state index contributed by atoms with van der Waals surface area (Å²) in [4.78, 5) is 4.70. The van der Waals surface area contributed by atoms with Crippen molar-refractivity contribution in [1.82, 2.24) is 0 Å². The summed E-state index contributed by atoms with van der Waals surface area (Å²) in [5, 5.41) is 7.08. The van der Waals surface area contributed by atoms with Crippen molar-refractivity contribution >= 4 is 77.6 Å². The molecule has 0 aliphatic rings. The van der Waals surface area contributed by atoms with Gasteiger partial charge in [-0.05, 0) is 106 Å². The zero-order chi connectivity index (χ0) is 35.1. The van der Waals surface area contributed by atoms with Crippen LogP contribution in [-0.2, 0) is 0 Å². The quantitative estimate of drug-likeness (QED) is 0.167. The SMILES string of the molecule is c1ccc(N(c2cccc(N(c3ccccc3)c3cc(-c4ccc5ccccc5c4)cc4ccccc34)c2)c2ccc3c(c2)oc2ccccc23)cc1. The van der Waals surface area contributed by atoms with E-state index in [1.54, 1.807) is 0 Å². The zero-order valence-electron chi connectivity index (χ0n) is 28.9. The van der Waals surface area contributed by atoms with Crippen LogP contribution in [0.5, 0.6) is 0 Å². The van der Waals surface area contributed by atoms with Crippen LogP contribution in [0.1, 0.15) is 0 Å². The van der Waals surface area contributed by atoms with Crippen molar-refractivity contribution in [2.75, 3.05) is 9.80 Å². The van der Waals surface area contributed by atoms with E-state index in [9.17, 15) is 0 Å². The van der Waals surface area contributed by atoms with Crippen LogP contribution in [0.2, 0.25) is 0 Å². The average molecular weight is 679 g/mol. The molecule has 0 radical (unpaired) electrons. The van der Waals surface area contributed by atoms with E-state index in [1.165, 1.54) is 32.7 Å². The second kappa shape index (κ2) is 12.9. The molecule has 10 aromatic rings. The fraction of sp³-hybridized carbons (Fsp3) is 0. The molecule has 0 unspecified atom stereocenters. The minimum atomic E-state index is 0.865. The van der Waals surface area contributed by atoms with Crippen LogP contribution in [-0.4, -0.2) is 0 Å². The number of furan rings is 1. The molecule has 0 fully saturated rings. The van der Waals surface area contributed by atoms with Gasteiger partial charge in [0.1, 0.15) is 11.2 Å². The summed E-state index contributed by atoms with van der Waals surface area (Å²) in [6, 6.07) is 73.5. The van der Waals surface area contributed by atoms with Gasteiger partial charge in [-0.25, -0.2) is 0 Å². The Morgan fingerprint density at radius 1 is 0.283 bits per heavy atom. The van der Waals surface area contributed by atoms with E-state index in [-0.39, 0.29) is 0 Å². The Morgan fingerprint density at radius 2 is 0.849 bits per heavy atom. The Kier molecular flexibility index (Phi) is 7.47. The van der Waals surface area contributed by atoms with Crippen molar-refractivity contribution in [3.05, 3.63) is 206 Å². The fourth-order valence-electron chi connectivity index (χ4n) is 7.66. The topological polar surface area (TPSA) is 19.6 Å². The second-order valence-corrected chi connectivity index (χ2v) is 13.4. The fourth-order valence-corrected chi connectivity index (χ4v) is 7.66. The van der Waals surface area contributed by atoms with Crippen molar-refractivity contribution in [3.8, 4) is 11.1 Å². The maximum atomic E-state index is 6.37. The number of benzene rings is 9. The van der Waals surface area contributed by atoms with E-state index in [0.29, 0.717) is 0 Å². The molecule has 0 N–H and O–H groups in total. The molecular weight excluding hydrogens is 645 g/mol. The Hall–Kier alpha value is -7.10. The third-order valence-electron chi connectivity index (χ3n) is 10.2. The Labute approximate surface area is 308 Å². The molecule has 3 heteroatoms. The van der Waals surface area contributed by atoms with Crippen molar-refractivity contribution in [1.29, 1.82) is 0 Å². The first-order valence-corrected chi connectivity index (χ1v) is 18.0. The molecule has 0 spiro atoms. The molecular formula is C50H34N2O. The molecule has 53 heavy (non-hydrogen) atoms. The van der Waals surface area contributed by atoms with Gasteiger partial charge in [0, 0.05) is 50.7 Å². The number of para-hydroxylation sites is 3. The third-order valence-corrected chi connectivity index (χ3v) is 10.2. The number of hydrogen-bond acceptors (Lipinski definition) is 3. The first-order valence-electron chi connectivity index (χ1n) is 18.0. The average Bonchev–Trinajstić information content (AvgIpc) is 3.60. The van der Waals surface area contributed by atoms with E-state index in [1.807, 2.05) is 12.1 Å². The van der Waals surface area contributed by atoms with Crippen LogP contribution in [0.3, 0.4) is 0 Å². The highest BCUT2D eigenvalue weighted by molar-refractivity contribution is 6.06. The summed E-state index contributed by atoms with van der Waals surface area (Å²) >= 11 is 0. The molecule has 250 valence electrons. The molecule has 0 bridgehead atoms. The molecule has 0 amide bonds. The molecule has 0 aliphatic heterocycles. The lowest BCUT2D eigenvalue weighted by Crippen LogP contribution is -2.13. The molecule has 3 nitrogen and oxygen atoms in total. The summed E-state index contributed by atoms with van der Waals surface area (Å²) in [5.74, 6) is 0. The van der Waals surface area contributed by atoms with Crippen molar-refractivity contribution < 1.29 is 4.42 Å². The summed E-state index contributed by atoms with van der Waals surface area (Å²) < 4.78 is 6.37. The number of nitrogens with zero attached hydrogens (tertiary/aromatic N) is 2. The zero-order valence-corrected chi connectivity index (χ0v) is 28.9. The highest BCUT2D eigenvalue weighted by atomic mass is 16.3. The van der Waals surface area contributed by atoms with E-state index < -0.39 is 0 Å². The first kappa shape index (κ1) is 30.7. The van der Waals surface area contributed by atoms with Gasteiger partial charge in [0.15, 0.2) is 0 Å². The molecule has 9 aromatic carbocycles. The number of rotatable bonds is 7. The van der Waals surface area contributed by atoms with Gasteiger partial charge in [0.2, 0.25) is 0 Å². The Bertz CT molecular complexity index is 2910.